The summed E-state index contributed by atoms with van der Waals surface area (Å²) in [6.07, 6.45) is 0.301. The van der Waals surface area contributed by atoms with Gasteiger partial charge in [0.25, 0.3) is 0 Å². The summed E-state index contributed by atoms with van der Waals surface area (Å²) in [7, 11) is 0. The number of carbonyl (C=O) groups excluding carboxylic acids is 1. The van der Waals surface area contributed by atoms with Gasteiger partial charge in [0, 0.05) is 17.9 Å². The van der Waals surface area contributed by atoms with Crippen LogP contribution in [0.3, 0.4) is 0 Å². The van der Waals surface area contributed by atoms with Crippen molar-refractivity contribution in [3.63, 3.8) is 0 Å². The van der Waals surface area contributed by atoms with Crippen molar-refractivity contribution in [2.75, 3.05) is 6.54 Å². The third kappa shape index (κ3) is 7.17. The van der Waals surface area contributed by atoms with Crippen LogP contribution in [0.2, 0.25) is 0 Å². The van der Waals surface area contributed by atoms with E-state index < -0.39 is 5.60 Å². The summed E-state index contributed by atoms with van der Waals surface area (Å²) in [5.41, 5.74) is 7.93. The molecular weight excluding hydrogens is 230 g/mol. The van der Waals surface area contributed by atoms with E-state index in [9.17, 15) is 4.79 Å². The summed E-state index contributed by atoms with van der Waals surface area (Å²) >= 11 is 0. The molecule has 0 spiro atoms. The molecule has 0 aromatic rings. The summed E-state index contributed by atoms with van der Waals surface area (Å²) in [4.78, 5) is 14.6. The maximum atomic E-state index is 11.8. The Bertz CT molecular complexity index is 315. The van der Waals surface area contributed by atoms with E-state index in [0.717, 1.165) is 0 Å². The van der Waals surface area contributed by atoms with E-state index in [0.29, 0.717) is 24.8 Å². The van der Waals surface area contributed by atoms with E-state index in [1.54, 1.807) is 0 Å². The largest absolute Gasteiger partial charge is 0.460 e. The van der Waals surface area contributed by atoms with E-state index in [-0.39, 0.29) is 11.9 Å². The normalized spacial score (nSPS) is 14.8. The highest BCUT2D eigenvalue weighted by Crippen LogP contribution is 2.25. The standard InChI is InChI=1S/C13H25N3O2/c1-9(2)10(3)11(8-15-16-14)7-12(17)18-13(4,5)6/h9-11H,7-8H2,1-6H3. The van der Waals surface area contributed by atoms with Crippen LogP contribution in [0.5, 0.6) is 0 Å². The lowest BCUT2D eigenvalue weighted by Crippen LogP contribution is -2.28. The van der Waals surface area contributed by atoms with Crippen molar-refractivity contribution in [3.8, 4) is 0 Å². The van der Waals surface area contributed by atoms with Gasteiger partial charge in [-0.1, -0.05) is 25.9 Å². The quantitative estimate of drug-likeness (QED) is 0.312. The number of hydrogen-bond donors (Lipinski definition) is 0. The van der Waals surface area contributed by atoms with E-state index in [1.807, 2.05) is 20.8 Å². The zero-order valence-electron chi connectivity index (χ0n) is 12.3. The van der Waals surface area contributed by atoms with Crippen LogP contribution >= 0.6 is 0 Å². The van der Waals surface area contributed by atoms with Gasteiger partial charge in [-0.3, -0.25) is 4.79 Å². The van der Waals surface area contributed by atoms with Crippen LogP contribution < -0.4 is 0 Å². The molecule has 0 fully saturated rings. The SMILES string of the molecule is CC(C)C(C)C(CN=[N+]=[N-])CC(=O)OC(C)(C)C. The first-order valence-corrected chi connectivity index (χ1v) is 6.40. The lowest BCUT2D eigenvalue weighted by molar-refractivity contribution is -0.156. The Morgan fingerprint density at radius 2 is 1.89 bits per heavy atom. The summed E-state index contributed by atoms with van der Waals surface area (Å²) < 4.78 is 5.30. The van der Waals surface area contributed by atoms with Crippen molar-refractivity contribution in [3.05, 3.63) is 10.4 Å². The second kappa shape index (κ2) is 7.27. The minimum atomic E-state index is -0.471. The van der Waals surface area contributed by atoms with Crippen molar-refractivity contribution in [1.82, 2.24) is 0 Å². The van der Waals surface area contributed by atoms with Crippen molar-refractivity contribution >= 4 is 5.97 Å². The predicted octanol–water partition coefficient (Wildman–Crippen LogP) is 3.94. The molecule has 0 bridgehead atoms. The second-order valence-corrected chi connectivity index (χ2v) is 6.07. The van der Waals surface area contributed by atoms with Crippen LogP contribution in [-0.4, -0.2) is 18.1 Å². The molecule has 5 nitrogen and oxygen atoms in total. The minimum absolute atomic E-state index is 0.0377. The number of hydrogen-bond acceptors (Lipinski definition) is 3. The first kappa shape index (κ1) is 16.8. The average molecular weight is 255 g/mol. The van der Waals surface area contributed by atoms with Gasteiger partial charge in [-0.2, -0.15) is 0 Å². The Morgan fingerprint density at radius 3 is 2.28 bits per heavy atom. The van der Waals surface area contributed by atoms with E-state index >= 15 is 0 Å². The lowest BCUT2D eigenvalue weighted by atomic mass is 9.83. The van der Waals surface area contributed by atoms with Crippen molar-refractivity contribution in [2.45, 2.75) is 53.6 Å². The maximum Gasteiger partial charge on any atom is 0.306 e. The minimum Gasteiger partial charge on any atom is -0.460 e. The number of carbonyl (C=O) groups is 1. The Labute approximate surface area is 110 Å². The van der Waals surface area contributed by atoms with Crippen LogP contribution in [-0.2, 0) is 9.53 Å². The first-order valence-electron chi connectivity index (χ1n) is 6.40. The Morgan fingerprint density at radius 1 is 1.33 bits per heavy atom. The van der Waals surface area contributed by atoms with Gasteiger partial charge in [0.05, 0.1) is 0 Å². The van der Waals surface area contributed by atoms with Gasteiger partial charge in [0.2, 0.25) is 0 Å². The number of azide groups is 1. The summed E-state index contributed by atoms with van der Waals surface area (Å²) in [5, 5.41) is 3.60. The zero-order chi connectivity index (χ0) is 14.3. The third-order valence-corrected chi connectivity index (χ3v) is 3.02. The van der Waals surface area contributed by atoms with E-state index in [1.165, 1.54) is 0 Å². The number of nitrogens with zero attached hydrogens (tertiary/aromatic N) is 3. The predicted molar refractivity (Wildman–Crippen MR) is 72.0 cm³/mol. The fraction of sp³-hybridized carbons (Fsp3) is 0.923. The van der Waals surface area contributed by atoms with Crippen molar-refractivity contribution in [1.29, 1.82) is 0 Å². The van der Waals surface area contributed by atoms with Crippen LogP contribution in [0.25, 0.3) is 10.4 Å². The molecule has 0 aromatic carbocycles. The van der Waals surface area contributed by atoms with Gasteiger partial charge in [0.1, 0.15) is 5.60 Å². The Kier molecular flexibility index (Phi) is 6.77. The van der Waals surface area contributed by atoms with Crippen LogP contribution in [0.15, 0.2) is 5.11 Å². The van der Waals surface area contributed by atoms with E-state index in [2.05, 4.69) is 30.8 Å². The van der Waals surface area contributed by atoms with Gasteiger partial charge >= 0.3 is 5.97 Å². The molecule has 0 aliphatic rings. The molecule has 18 heavy (non-hydrogen) atoms. The third-order valence-electron chi connectivity index (χ3n) is 3.02. The molecular formula is C13H25N3O2. The number of rotatable bonds is 6. The molecule has 0 amide bonds. The van der Waals surface area contributed by atoms with Crippen molar-refractivity contribution in [2.24, 2.45) is 22.9 Å². The molecule has 2 unspecified atom stereocenters. The molecule has 0 aliphatic carbocycles. The molecule has 5 heteroatoms. The summed E-state index contributed by atoms with van der Waals surface area (Å²) in [6.45, 7) is 12.2. The second-order valence-electron chi connectivity index (χ2n) is 6.07. The first-order chi connectivity index (χ1) is 8.17. The monoisotopic (exact) mass is 255 g/mol. The molecule has 0 rings (SSSR count). The summed E-state index contributed by atoms with van der Waals surface area (Å²) in [6, 6.07) is 0. The van der Waals surface area contributed by atoms with Crippen LogP contribution in [0, 0.1) is 17.8 Å². The molecule has 2 atom stereocenters. The van der Waals surface area contributed by atoms with Crippen LogP contribution in [0.4, 0.5) is 0 Å². The highest BCUT2D eigenvalue weighted by molar-refractivity contribution is 5.70. The van der Waals surface area contributed by atoms with Gasteiger partial charge in [0.15, 0.2) is 0 Å². The molecule has 104 valence electrons. The van der Waals surface area contributed by atoms with Gasteiger partial charge in [-0.25, -0.2) is 0 Å². The molecule has 0 heterocycles. The number of esters is 1. The Balaban J connectivity index is 4.58. The molecule has 0 N–H and O–H groups in total. The average Bonchev–Trinajstić information content (AvgIpc) is 2.20. The zero-order valence-corrected chi connectivity index (χ0v) is 12.3. The van der Waals surface area contributed by atoms with Gasteiger partial charge < -0.3 is 4.74 Å². The smallest absolute Gasteiger partial charge is 0.306 e. The Hall–Kier alpha value is -1.22. The number of ether oxygens (including phenoxy) is 1. The van der Waals surface area contributed by atoms with Crippen molar-refractivity contribution < 1.29 is 9.53 Å². The fourth-order valence-corrected chi connectivity index (χ4v) is 1.70. The maximum absolute atomic E-state index is 11.8. The molecule has 0 saturated heterocycles. The molecule has 0 aliphatic heterocycles. The fourth-order valence-electron chi connectivity index (χ4n) is 1.70. The molecule has 0 radical (unpaired) electrons. The molecule has 0 aromatic heterocycles. The van der Waals surface area contributed by atoms with E-state index in [4.69, 9.17) is 10.3 Å². The highest BCUT2D eigenvalue weighted by Gasteiger charge is 2.25. The van der Waals surface area contributed by atoms with Gasteiger partial charge in [-0.15, -0.1) is 0 Å². The highest BCUT2D eigenvalue weighted by atomic mass is 16.6. The topological polar surface area (TPSA) is 75.1 Å². The van der Waals surface area contributed by atoms with Gasteiger partial charge in [-0.05, 0) is 44.1 Å². The summed E-state index contributed by atoms with van der Waals surface area (Å²) in [5.74, 6) is 0.554. The lowest BCUT2D eigenvalue weighted by Gasteiger charge is -2.27. The van der Waals surface area contributed by atoms with Crippen LogP contribution in [0.1, 0.15) is 48.0 Å². The molecule has 0 saturated carbocycles.